The van der Waals surface area contributed by atoms with Gasteiger partial charge in [0.05, 0.1) is 0 Å². The third-order valence-corrected chi connectivity index (χ3v) is 9.79. The smallest absolute Gasteiger partial charge is 0.0132 e. The topological polar surface area (TPSA) is 0 Å². The number of halogens is 2. The van der Waals surface area contributed by atoms with Crippen LogP contribution in [-0.2, 0) is 41.5 Å². The number of hydrogen-bond acceptors (Lipinski definition) is 0. The van der Waals surface area contributed by atoms with Gasteiger partial charge in [-0.15, -0.1) is 17.5 Å². The van der Waals surface area contributed by atoms with Gasteiger partial charge in [0.25, 0.3) is 0 Å². The molecule has 0 amide bonds. The van der Waals surface area contributed by atoms with Crippen molar-refractivity contribution in [3.05, 3.63) is 152 Å². The fourth-order valence-electron chi connectivity index (χ4n) is 4.77. The molecule has 0 saturated heterocycles. The molecule has 3 heteroatoms. The van der Waals surface area contributed by atoms with Crippen LogP contribution < -0.4 is 0 Å². The second-order valence-corrected chi connectivity index (χ2v) is 15.8. The fourth-order valence-corrected chi connectivity index (χ4v) is 6.12. The molecule has 0 aromatic heterocycles. The van der Waals surface area contributed by atoms with E-state index in [2.05, 4.69) is 170 Å². The summed E-state index contributed by atoms with van der Waals surface area (Å²) in [4.78, 5) is 0. The van der Waals surface area contributed by atoms with E-state index in [4.69, 9.17) is 0 Å². The molecule has 2 aliphatic carbocycles. The van der Waals surface area contributed by atoms with Crippen molar-refractivity contribution < 1.29 is 24.2 Å². The maximum Gasteiger partial charge on any atom is -0.0132 e. The number of rotatable bonds is 2. The molecule has 0 saturated carbocycles. The van der Waals surface area contributed by atoms with Crippen molar-refractivity contribution in [3.8, 4) is 11.1 Å². The monoisotopic (exact) mass is 754 g/mol. The molecule has 0 heterocycles. The normalized spacial score (nSPS) is 13.0. The largest absolute Gasteiger partial charge is 0.273 e. The molecule has 4 aromatic carbocycles. The zero-order valence-corrected chi connectivity index (χ0v) is 31.0. The molecule has 42 heavy (non-hydrogen) atoms. The Labute approximate surface area is 284 Å². The summed E-state index contributed by atoms with van der Waals surface area (Å²) in [7, 11) is 0. The van der Waals surface area contributed by atoms with Gasteiger partial charge < -0.3 is 0 Å². The number of fused-ring (bicyclic) bond motifs is 3. The molecule has 212 valence electrons. The molecule has 0 fully saturated rings. The third kappa shape index (κ3) is 8.81. The van der Waals surface area contributed by atoms with E-state index in [1.165, 1.54) is 71.9 Å². The van der Waals surface area contributed by atoms with Crippen LogP contribution in [0.5, 0.6) is 0 Å². The van der Waals surface area contributed by atoms with Gasteiger partial charge in [0.2, 0.25) is 0 Å². The van der Waals surface area contributed by atoms with Crippen LogP contribution in [0.2, 0.25) is 0 Å². The van der Waals surface area contributed by atoms with E-state index in [0.717, 1.165) is 21.8 Å². The van der Waals surface area contributed by atoms with Gasteiger partial charge in [-0.3, -0.25) is 6.08 Å². The van der Waals surface area contributed by atoms with Gasteiger partial charge in [0.1, 0.15) is 0 Å². The molecule has 0 N–H and O–H groups in total. The van der Waals surface area contributed by atoms with E-state index in [1.807, 2.05) is 12.2 Å². The summed E-state index contributed by atoms with van der Waals surface area (Å²) in [5.41, 5.74) is 11.3. The van der Waals surface area contributed by atoms with E-state index in [9.17, 15) is 0 Å². The number of benzene rings is 4. The van der Waals surface area contributed by atoms with Crippen LogP contribution in [0.4, 0.5) is 0 Å². The Balaban J connectivity index is 0.000000170. The first-order chi connectivity index (χ1) is 19.8. The molecule has 0 radical (unpaired) electrons. The minimum atomic E-state index is 0.167. The molecule has 0 bridgehead atoms. The van der Waals surface area contributed by atoms with Gasteiger partial charge >= 0.3 is 128 Å². The summed E-state index contributed by atoms with van der Waals surface area (Å²) in [6.07, 6.45) is 11.0. The first kappa shape index (κ1) is 33.0. The van der Waals surface area contributed by atoms with Crippen molar-refractivity contribution in [1.29, 1.82) is 0 Å². The fraction of sp³-hybridized carbons (Fsp3) is 0.256. The molecule has 0 spiro atoms. The Morgan fingerprint density at radius 1 is 0.714 bits per heavy atom. The SMILES string of the molecule is Brc1ccc([C](=[Zr+2])c2ccc(Br)cc2)cc1.CC(C)(C)c1[c-]c2c(cc1)-c1ccc(C(C)(C)C)cc1C2.[C-]1=CC=CC1. The molecule has 0 nitrogen and oxygen atoms in total. The van der Waals surface area contributed by atoms with E-state index in [1.54, 1.807) is 0 Å². The van der Waals surface area contributed by atoms with Crippen molar-refractivity contribution >= 4 is 35.1 Å². The quantitative estimate of drug-likeness (QED) is 0.157. The minimum absolute atomic E-state index is 0.167. The Morgan fingerprint density at radius 3 is 1.74 bits per heavy atom. The van der Waals surface area contributed by atoms with E-state index >= 15 is 0 Å². The first-order valence-corrected chi connectivity index (χ1v) is 17.2. The minimum Gasteiger partial charge on any atom is -0.273 e. The summed E-state index contributed by atoms with van der Waals surface area (Å²) in [5.74, 6) is 0. The molecule has 0 unspecified atom stereocenters. The molecule has 0 atom stereocenters. The van der Waals surface area contributed by atoms with E-state index in [0.29, 0.717) is 0 Å². The maximum atomic E-state index is 3.67. The van der Waals surface area contributed by atoms with Crippen molar-refractivity contribution in [2.24, 2.45) is 0 Å². The third-order valence-electron chi connectivity index (χ3n) is 7.32. The van der Waals surface area contributed by atoms with Crippen LogP contribution in [0, 0.1) is 12.1 Å². The second-order valence-electron chi connectivity index (χ2n) is 12.7. The molecule has 6 rings (SSSR count). The molecule has 0 aliphatic heterocycles. The van der Waals surface area contributed by atoms with Gasteiger partial charge in [-0.1, -0.05) is 65.3 Å². The summed E-state index contributed by atoms with van der Waals surface area (Å²) < 4.78 is 3.62. The Morgan fingerprint density at radius 2 is 1.29 bits per heavy atom. The summed E-state index contributed by atoms with van der Waals surface area (Å²) >= 11 is 8.34. The summed E-state index contributed by atoms with van der Waals surface area (Å²) in [6, 6.07) is 32.1. The van der Waals surface area contributed by atoms with Gasteiger partial charge in [0, 0.05) is 0 Å². The van der Waals surface area contributed by atoms with Crippen molar-refractivity contribution in [2.75, 3.05) is 0 Å². The van der Waals surface area contributed by atoms with Crippen molar-refractivity contribution in [3.63, 3.8) is 0 Å². The van der Waals surface area contributed by atoms with Crippen LogP contribution >= 0.6 is 31.9 Å². The molecular formula is C39H38Br2Zr. The Kier molecular flexibility index (Phi) is 11.2. The van der Waals surface area contributed by atoms with Crippen LogP contribution in [0.25, 0.3) is 11.1 Å². The zero-order valence-electron chi connectivity index (χ0n) is 25.4. The van der Waals surface area contributed by atoms with Crippen LogP contribution in [0.15, 0.2) is 106 Å². The predicted octanol–water partition coefficient (Wildman–Crippen LogP) is 11.3. The average molecular weight is 758 g/mol. The standard InChI is InChI=1S/C21H25.C13H8Br2.C5H5.Zr/c1-20(2,3)16-7-9-18-14(12-16)11-15-13-17(21(4,5)6)8-10-19(15)18;14-12-5-1-10(2-6-12)9-11-3-7-13(15)8-4-11;1-2-4-5-3-1;/h7-10,12H,11H2,1-6H3;1-8H;1-3H,4H2;/q-1;;-1;+2. The van der Waals surface area contributed by atoms with Gasteiger partial charge in [-0.05, 0) is 28.4 Å². The van der Waals surface area contributed by atoms with Crippen molar-refractivity contribution in [2.45, 2.75) is 65.2 Å². The van der Waals surface area contributed by atoms with Crippen molar-refractivity contribution in [1.82, 2.24) is 0 Å². The Bertz CT molecular complexity index is 1470. The number of allylic oxidation sites excluding steroid dienone is 4. The summed E-state index contributed by atoms with van der Waals surface area (Å²) in [6.45, 7) is 13.6. The van der Waals surface area contributed by atoms with Crippen LogP contribution in [0.3, 0.4) is 0 Å². The van der Waals surface area contributed by atoms with Crippen LogP contribution in [-0.4, -0.2) is 3.21 Å². The Hall–Kier alpha value is -1.93. The van der Waals surface area contributed by atoms with Gasteiger partial charge in [0.15, 0.2) is 0 Å². The molecular weight excluding hydrogens is 719 g/mol. The zero-order chi connectivity index (χ0) is 30.5. The summed E-state index contributed by atoms with van der Waals surface area (Å²) in [5, 5.41) is 0. The van der Waals surface area contributed by atoms with Crippen LogP contribution in [0.1, 0.15) is 81.3 Å². The first-order valence-electron chi connectivity index (χ1n) is 14.3. The van der Waals surface area contributed by atoms with E-state index in [-0.39, 0.29) is 10.8 Å². The average Bonchev–Trinajstić information content (AvgIpc) is 3.64. The molecule has 4 aromatic rings. The van der Waals surface area contributed by atoms with Gasteiger partial charge in [-0.25, -0.2) is 12.2 Å². The molecule has 2 aliphatic rings. The van der Waals surface area contributed by atoms with Gasteiger partial charge in [-0.2, -0.15) is 29.8 Å². The number of hydrogen-bond donors (Lipinski definition) is 0. The second kappa shape index (κ2) is 14.2. The maximum absolute atomic E-state index is 3.67. The van der Waals surface area contributed by atoms with E-state index < -0.39 is 0 Å². The predicted molar refractivity (Wildman–Crippen MR) is 184 cm³/mol.